The molecule has 0 aliphatic carbocycles. The Hall–Kier alpha value is -2.04. The molecule has 1 aromatic carbocycles. The molecule has 0 radical (unpaired) electrons. The van der Waals surface area contributed by atoms with E-state index in [1.54, 1.807) is 13.2 Å². The number of pyridine rings is 1. The van der Waals surface area contributed by atoms with Crippen molar-refractivity contribution in [2.75, 3.05) is 12.5 Å². The molecule has 0 aliphatic rings. The normalized spacial score (nSPS) is 12.9. The summed E-state index contributed by atoms with van der Waals surface area (Å²) < 4.78 is 49.7. The number of methoxy groups -OCH3 is 1. The minimum absolute atomic E-state index is 0.0549. The smallest absolute Gasteiger partial charge is 0.417 e. The Morgan fingerprint density at radius 2 is 2.07 bits per heavy atom. The van der Waals surface area contributed by atoms with Crippen LogP contribution in [0.4, 0.5) is 19.0 Å². The molecule has 1 heterocycles. The van der Waals surface area contributed by atoms with Gasteiger partial charge in [0.2, 0.25) is 0 Å². The van der Waals surface area contributed by atoms with Gasteiger partial charge >= 0.3 is 6.18 Å². The lowest BCUT2D eigenvalue weighted by atomic mass is 10.2. The number of anilines is 1. The summed E-state index contributed by atoms with van der Waals surface area (Å²) in [7, 11) is 1.56. The highest BCUT2D eigenvalue weighted by molar-refractivity contribution is 14.1. The van der Waals surface area contributed by atoms with E-state index in [0.29, 0.717) is 11.5 Å². The number of hydrazone groups is 1. The van der Waals surface area contributed by atoms with E-state index in [0.717, 1.165) is 27.8 Å². The summed E-state index contributed by atoms with van der Waals surface area (Å²) in [6, 6.07) is 5.79. The van der Waals surface area contributed by atoms with E-state index in [-0.39, 0.29) is 11.9 Å². The maximum Gasteiger partial charge on any atom is 0.417 e. The van der Waals surface area contributed by atoms with E-state index in [1.165, 1.54) is 12.3 Å². The molecule has 2 aromatic rings. The van der Waals surface area contributed by atoms with Crippen molar-refractivity contribution >= 4 is 34.6 Å². The summed E-state index contributed by atoms with van der Waals surface area (Å²) in [5.41, 5.74) is 2.53. The molecule has 9 heteroatoms. The maximum absolute atomic E-state index is 12.5. The fraction of sp³-hybridized carbons (Fsp3) is 0.333. The molecule has 0 amide bonds. The zero-order chi connectivity index (χ0) is 20.0. The molecule has 0 spiro atoms. The number of halogens is 4. The standard InChI is InChI=1S/C18H19F3IN3O2/c1-4-11(2)27-17-14(22)7-12(8-15(17)26-3)9-24-25-16-6-5-13(10-23-16)18(19,20)21/h5-11H,4H2,1-3H3,(H,23,25)/b24-9-/t11-/m1/s1. The topological polar surface area (TPSA) is 55.7 Å². The van der Waals surface area contributed by atoms with Gasteiger partial charge < -0.3 is 9.47 Å². The fourth-order valence-electron chi connectivity index (χ4n) is 2.01. The Balaban J connectivity index is 2.11. The van der Waals surface area contributed by atoms with E-state index in [1.807, 2.05) is 19.9 Å². The number of alkyl halides is 3. The molecule has 27 heavy (non-hydrogen) atoms. The highest BCUT2D eigenvalue weighted by Crippen LogP contribution is 2.34. The fourth-order valence-corrected chi connectivity index (χ4v) is 2.77. The third kappa shape index (κ3) is 5.98. The summed E-state index contributed by atoms with van der Waals surface area (Å²) in [6.45, 7) is 4.01. The molecule has 0 aliphatic heterocycles. The van der Waals surface area contributed by atoms with Gasteiger partial charge in [0.15, 0.2) is 11.5 Å². The summed E-state index contributed by atoms with van der Waals surface area (Å²) in [4.78, 5) is 3.69. The van der Waals surface area contributed by atoms with Gasteiger partial charge in [-0.2, -0.15) is 18.3 Å². The molecule has 1 N–H and O–H groups in total. The van der Waals surface area contributed by atoms with Crippen molar-refractivity contribution in [1.29, 1.82) is 0 Å². The van der Waals surface area contributed by atoms with Crippen LogP contribution in [-0.2, 0) is 6.18 Å². The van der Waals surface area contributed by atoms with Gasteiger partial charge in [-0.25, -0.2) is 4.98 Å². The lowest BCUT2D eigenvalue weighted by Gasteiger charge is -2.17. The van der Waals surface area contributed by atoms with Gasteiger partial charge in [0.05, 0.1) is 28.6 Å². The molecule has 5 nitrogen and oxygen atoms in total. The Kier molecular flexibility index (Phi) is 7.28. The molecule has 1 aromatic heterocycles. The van der Waals surface area contributed by atoms with Crippen LogP contribution in [0.5, 0.6) is 11.5 Å². The highest BCUT2D eigenvalue weighted by atomic mass is 127. The summed E-state index contributed by atoms with van der Waals surface area (Å²) in [5.74, 6) is 1.45. The van der Waals surface area contributed by atoms with E-state index in [9.17, 15) is 13.2 Å². The number of benzene rings is 1. The zero-order valence-corrected chi connectivity index (χ0v) is 17.1. The minimum Gasteiger partial charge on any atom is -0.493 e. The lowest BCUT2D eigenvalue weighted by molar-refractivity contribution is -0.137. The summed E-state index contributed by atoms with van der Waals surface area (Å²) in [5, 5.41) is 4.01. The Morgan fingerprint density at radius 1 is 1.33 bits per heavy atom. The largest absolute Gasteiger partial charge is 0.493 e. The second kappa shape index (κ2) is 9.25. The van der Waals surface area contributed by atoms with Crippen LogP contribution in [0.2, 0.25) is 0 Å². The average molecular weight is 493 g/mol. The second-order valence-electron chi connectivity index (χ2n) is 5.67. The van der Waals surface area contributed by atoms with Crippen LogP contribution in [0, 0.1) is 3.57 Å². The Morgan fingerprint density at radius 3 is 2.63 bits per heavy atom. The first kappa shape index (κ1) is 21.3. The maximum atomic E-state index is 12.5. The molecule has 0 unspecified atom stereocenters. The lowest BCUT2D eigenvalue weighted by Crippen LogP contribution is -2.11. The summed E-state index contributed by atoms with van der Waals surface area (Å²) in [6.07, 6.45) is -1.21. The first-order valence-electron chi connectivity index (χ1n) is 8.11. The molecule has 0 bridgehead atoms. The number of aromatic nitrogens is 1. The van der Waals surface area contributed by atoms with Crippen molar-refractivity contribution in [1.82, 2.24) is 4.98 Å². The van der Waals surface area contributed by atoms with Gasteiger partial charge in [-0.05, 0) is 65.8 Å². The van der Waals surface area contributed by atoms with Crippen LogP contribution in [-0.4, -0.2) is 24.4 Å². The van der Waals surface area contributed by atoms with Crippen LogP contribution in [0.1, 0.15) is 31.4 Å². The number of nitrogens with zero attached hydrogens (tertiary/aromatic N) is 2. The third-order valence-corrected chi connectivity index (χ3v) is 4.43. The van der Waals surface area contributed by atoms with Crippen LogP contribution >= 0.6 is 22.6 Å². The number of ether oxygens (including phenoxy) is 2. The van der Waals surface area contributed by atoms with Gasteiger partial charge in [-0.1, -0.05) is 6.92 Å². The van der Waals surface area contributed by atoms with Gasteiger partial charge in [-0.3, -0.25) is 5.43 Å². The van der Waals surface area contributed by atoms with Crippen molar-refractivity contribution in [3.8, 4) is 11.5 Å². The van der Waals surface area contributed by atoms with Crippen molar-refractivity contribution in [2.24, 2.45) is 5.10 Å². The number of rotatable bonds is 7. The van der Waals surface area contributed by atoms with Crippen molar-refractivity contribution in [3.05, 3.63) is 45.2 Å². The van der Waals surface area contributed by atoms with Crippen LogP contribution in [0.15, 0.2) is 35.6 Å². The third-order valence-electron chi connectivity index (χ3n) is 3.63. The van der Waals surface area contributed by atoms with Crippen molar-refractivity contribution in [3.63, 3.8) is 0 Å². The molecule has 0 saturated heterocycles. The zero-order valence-electron chi connectivity index (χ0n) is 15.0. The monoisotopic (exact) mass is 493 g/mol. The Labute approximate surface area is 169 Å². The molecule has 0 saturated carbocycles. The van der Waals surface area contributed by atoms with Gasteiger partial charge in [0, 0.05) is 6.20 Å². The van der Waals surface area contributed by atoms with Crippen LogP contribution < -0.4 is 14.9 Å². The number of nitrogens with one attached hydrogen (secondary N) is 1. The van der Waals surface area contributed by atoms with Gasteiger partial charge in [-0.15, -0.1) is 0 Å². The Bertz CT molecular complexity index is 796. The van der Waals surface area contributed by atoms with Crippen LogP contribution in [0.3, 0.4) is 0 Å². The van der Waals surface area contributed by atoms with Crippen molar-refractivity contribution < 1.29 is 22.6 Å². The summed E-state index contributed by atoms with van der Waals surface area (Å²) >= 11 is 2.15. The molecule has 2 rings (SSSR count). The van der Waals surface area contributed by atoms with E-state index in [2.05, 4.69) is 38.1 Å². The van der Waals surface area contributed by atoms with E-state index >= 15 is 0 Å². The molecular weight excluding hydrogens is 474 g/mol. The predicted molar refractivity (Wildman–Crippen MR) is 107 cm³/mol. The van der Waals surface area contributed by atoms with Gasteiger partial charge in [0.25, 0.3) is 0 Å². The quantitative estimate of drug-likeness (QED) is 0.322. The minimum atomic E-state index is -4.42. The number of hydrogen-bond acceptors (Lipinski definition) is 5. The first-order valence-corrected chi connectivity index (χ1v) is 9.19. The molecular formula is C18H19F3IN3O2. The predicted octanol–water partition coefficient (Wildman–Crippen LogP) is 5.34. The van der Waals surface area contributed by atoms with Gasteiger partial charge in [0.1, 0.15) is 5.82 Å². The molecule has 146 valence electrons. The highest BCUT2D eigenvalue weighted by Gasteiger charge is 2.30. The number of hydrogen-bond donors (Lipinski definition) is 1. The second-order valence-corrected chi connectivity index (χ2v) is 6.83. The SMILES string of the molecule is CC[C@@H](C)Oc1c(I)cc(/C=N\Nc2ccc(C(F)(F)F)cn2)cc1OC. The van der Waals surface area contributed by atoms with Crippen LogP contribution in [0.25, 0.3) is 0 Å². The first-order chi connectivity index (χ1) is 12.7. The van der Waals surface area contributed by atoms with E-state index < -0.39 is 11.7 Å². The average Bonchev–Trinajstić information content (AvgIpc) is 2.63. The molecule has 1 atom stereocenters. The van der Waals surface area contributed by atoms with E-state index in [4.69, 9.17) is 9.47 Å². The molecule has 0 fully saturated rings. The van der Waals surface area contributed by atoms with Crippen molar-refractivity contribution in [2.45, 2.75) is 32.5 Å².